The number of rotatable bonds is 4. The highest BCUT2D eigenvalue weighted by Gasteiger charge is 2.56. The molecule has 0 atom stereocenters. The Hall–Kier alpha value is -7.42. The molecule has 0 bridgehead atoms. The maximum Gasteiger partial charge on any atom is 0.135 e. The van der Waals surface area contributed by atoms with E-state index in [4.69, 9.17) is 4.42 Å². The highest BCUT2D eigenvalue weighted by molar-refractivity contribution is 6.09. The number of hydrogen-bond acceptors (Lipinski definition) is 2. The van der Waals surface area contributed by atoms with Crippen molar-refractivity contribution in [3.05, 3.63) is 234 Å². The zero-order valence-electron chi connectivity index (χ0n) is 33.4. The van der Waals surface area contributed by atoms with Crippen LogP contribution in [0.5, 0.6) is 0 Å². The SMILES string of the molecule is CC1(C)c2cc(-c3cccc4ccccc34)ccc2-c2ccc(N(c3ccccc3)c3cccc4c3-c3c(oc5ccccc35)C43c4ccccc4-c4ccccc43)cc21. The molecule has 0 amide bonds. The summed E-state index contributed by atoms with van der Waals surface area (Å²) < 4.78 is 7.16. The number of hydrogen-bond donors (Lipinski definition) is 0. The van der Waals surface area contributed by atoms with Crippen LogP contribution in [0, 0.1) is 0 Å². The molecule has 10 aromatic rings. The van der Waals surface area contributed by atoms with Crippen LogP contribution in [0.3, 0.4) is 0 Å². The minimum Gasteiger partial charge on any atom is -0.459 e. The average Bonchev–Trinajstić information content (AvgIpc) is 3.98. The van der Waals surface area contributed by atoms with E-state index in [0.29, 0.717) is 0 Å². The second kappa shape index (κ2) is 12.1. The first-order valence-electron chi connectivity index (χ1n) is 21.0. The van der Waals surface area contributed by atoms with Gasteiger partial charge >= 0.3 is 0 Å². The molecule has 0 saturated heterocycles. The third-order valence-corrected chi connectivity index (χ3v) is 13.9. The van der Waals surface area contributed by atoms with Crippen LogP contribution in [0.2, 0.25) is 0 Å². The summed E-state index contributed by atoms with van der Waals surface area (Å²) in [6.07, 6.45) is 0. The average molecular weight is 766 g/mol. The third-order valence-electron chi connectivity index (χ3n) is 13.9. The molecule has 0 aliphatic heterocycles. The maximum absolute atomic E-state index is 7.16. The summed E-state index contributed by atoms with van der Waals surface area (Å²) in [6, 6.07) is 73.8. The van der Waals surface area contributed by atoms with E-state index in [9.17, 15) is 0 Å². The summed E-state index contributed by atoms with van der Waals surface area (Å²) in [5.74, 6) is 1.00. The van der Waals surface area contributed by atoms with Crippen molar-refractivity contribution in [1.29, 1.82) is 0 Å². The molecule has 3 aliphatic rings. The van der Waals surface area contributed by atoms with Gasteiger partial charge in [0.2, 0.25) is 0 Å². The molecule has 1 aromatic heterocycles. The molecule has 3 aliphatic carbocycles. The molecule has 2 nitrogen and oxygen atoms in total. The van der Waals surface area contributed by atoms with E-state index in [1.54, 1.807) is 0 Å². The Morgan fingerprint density at radius 1 is 0.400 bits per heavy atom. The van der Waals surface area contributed by atoms with Crippen LogP contribution in [0.25, 0.3) is 66.2 Å². The van der Waals surface area contributed by atoms with Gasteiger partial charge in [0.15, 0.2) is 0 Å². The minimum absolute atomic E-state index is 0.225. The number of anilines is 3. The fourth-order valence-corrected chi connectivity index (χ4v) is 11.3. The number of nitrogens with zero attached hydrogens (tertiary/aromatic N) is 1. The van der Waals surface area contributed by atoms with Crippen LogP contribution < -0.4 is 4.90 Å². The van der Waals surface area contributed by atoms with Crippen LogP contribution in [0.4, 0.5) is 17.1 Å². The van der Waals surface area contributed by atoms with Crippen LogP contribution in [0.15, 0.2) is 205 Å². The van der Waals surface area contributed by atoms with Gasteiger partial charge in [-0.15, -0.1) is 0 Å². The number of benzene rings is 9. The summed E-state index contributed by atoms with van der Waals surface area (Å²) >= 11 is 0. The Labute approximate surface area is 349 Å². The lowest BCUT2D eigenvalue weighted by molar-refractivity contribution is 0.507. The van der Waals surface area contributed by atoms with Crippen molar-refractivity contribution >= 4 is 38.8 Å². The van der Waals surface area contributed by atoms with Crippen LogP contribution in [0.1, 0.15) is 47.4 Å². The topological polar surface area (TPSA) is 16.4 Å². The largest absolute Gasteiger partial charge is 0.459 e. The smallest absolute Gasteiger partial charge is 0.135 e. The van der Waals surface area contributed by atoms with Crippen LogP contribution >= 0.6 is 0 Å². The molecule has 1 heterocycles. The molecule has 0 radical (unpaired) electrons. The summed E-state index contributed by atoms with van der Waals surface area (Å²) in [7, 11) is 0. The van der Waals surface area contributed by atoms with E-state index < -0.39 is 5.41 Å². The lowest BCUT2D eigenvalue weighted by Gasteiger charge is -2.31. The fraction of sp³-hybridized carbons (Fsp3) is 0.0690. The highest BCUT2D eigenvalue weighted by Crippen LogP contribution is 2.66. The van der Waals surface area contributed by atoms with Crippen molar-refractivity contribution in [3.8, 4) is 44.5 Å². The van der Waals surface area contributed by atoms with Gasteiger partial charge in [-0.25, -0.2) is 0 Å². The minimum atomic E-state index is -0.599. The summed E-state index contributed by atoms with van der Waals surface area (Å²) in [5.41, 5.74) is 20.0. The molecule has 60 heavy (non-hydrogen) atoms. The van der Waals surface area contributed by atoms with E-state index in [-0.39, 0.29) is 5.41 Å². The first-order valence-corrected chi connectivity index (χ1v) is 21.0. The lowest BCUT2D eigenvalue weighted by Crippen LogP contribution is -2.25. The first kappa shape index (κ1) is 33.5. The number of para-hydroxylation sites is 2. The fourth-order valence-electron chi connectivity index (χ4n) is 11.3. The Bertz CT molecular complexity index is 3370. The second-order valence-electron chi connectivity index (χ2n) is 17.2. The zero-order chi connectivity index (χ0) is 39.7. The van der Waals surface area contributed by atoms with Crippen LogP contribution in [-0.2, 0) is 10.8 Å². The predicted molar refractivity (Wildman–Crippen MR) is 248 cm³/mol. The Morgan fingerprint density at radius 2 is 0.983 bits per heavy atom. The van der Waals surface area contributed by atoms with Gasteiger partial charge in [-0.1, -0.05) is 172 Å². The Morgan fingerprint density at radius 3 is 1.78 bits per heavy atom. The van der Waals surface area contributed by atoms with Crippen molar-refractivity contribution in [2.24, 2.45) is 0 Å². The monoisotopic (exact) mass is 765 g/mol. The van der Waals surface area contributed by atoms with Crippen molar-refractivity contribution in [3.63, 3.8) is 0 Å². The normalized spacial score (nSPS) is 14.4. The van der Waals surface area contributed by atoms with E-state index in [1.807, 2.05) is 0 Å². The Balaban J connectivity index is 1.04. The molecule has 0 fully saturated rings. The molecule has 0 saturated carbocycles. The zero-order valence-corrected chi connectivity index (χ0v) is 33.4. The molecule has 13 rings (SSSR count). The van der Waals surface area contributed by atoms with Crippen molar-refractivity contribution in [1.82, 2.24) is 0 Å². The molecule has 282 valence electrons. The van der Waals surface area contributed by atoms with Gasteiger partial charge in [0, 0.05) is 33.3 Å². The van der Waals surface area contributed by atoms with Gasteiger partial charge in [0.05, 0.1) is 5.69 Å². The van der Waals surface area contributed by atoms with Crippen LogP contribution in [-0.4, -0.2) is 0 Å². The van der Waals surface area contributed by atoms with E-state index >= 15 is 0 Å². The molecule has 0 N–H and O–H groups in total. The number of fused-ring (bicyclic) bond motifs is 16. The van der Waals surface area contributed by atoms with Gasteiger partial charge in [-0.3, -0.25) is 0 Å². The van der Waals surface area contributed by atoms with E-state index in [2.05, 4.69) is 219 Å². The third kappa shape index (κ3) is 4.27. The highest BCUT2D eigenvalue weighted by atomic mass is 16.3. The van der Waals surface area contributed by atoms with Gasteiger partial charge in [0.25, 0.3) is 0 Å². The van der Waals surface area contributed by atoms with E-state index in [1.165, 1.54) is 83.1 Å². The Kier molecular flexibility index (Phi) is 6.74. The maximum atomic E-state index is 7.16. The van der Waals surface area contributed by atoms with Gasteiger partial charge in [-0.2, -0.15) is 0 Å². The van der Waals surface area contributed by atoms with Crippen molar-refractivity contribution < 1.29 is 4.42 Å². The molecule has 0 unspecified atom stereocenters. The molecule has 9 aromatic carbocycles. The van der Waals surface area contributed by atoms with Gasteiger partial charge in [0.1, 0.15) is 16.8 Å². The van der Waals surface area contributed by atoms with Gasteiger partial charge < -0.3 is 9.32 Å². The quantitative estimate of drug-likeness (QED) is 0.177. The summed E-state index contributed by atoms with van der Waals surface area (Å²) in [4.78, 5) is 2.48. The molecule has 1 spiro atoms. The number of furan rings is 1. The summed E-state index contributed by atoms with van der Waals surface area (Å²) in [6.45, 7) is 4.79. The summed E-state index contributed by atoms with van der Waals surface area (Å²) in [5, 5.41) is 3.68. The first-order chi connectivity index (χ1) is 29.5. The van der Waals surface area contributed by atoms with Gasteiger partial charge in [-0.05, 0) is 114 Å². The van der Waals surface area contributed by atoms with Crippen molar-refractivity contribution in [2.45, 2.75) is 24.7 Å². The standard InChI is InChI=1S/C58H39NO/c1-57(2)50-34-37(41-24-14-17-36-16-6-7-20-40(36)41)30-32-44(50)45-33-31-39(35-51(45)57)59(38-18-4-3-5-19-38)52-28-15-27-49-55(52)54-46-23-10-13-29-53(46)60-56(54)58(49)47-25-11-8-21-42(47)43-22-9-12-26-48(43)58/h3-35H,1-2H3. The molecular weight excluding hydrogens is 727 g/mol. The second-order valence-corrected chi connectivity index (χ2v) is 17.2. The van der Waals surface area contributed by atoms with Crippen molar-refractivity contribution in [2.75, 3.05) is 4.90 Å². The van der Waals surface area contributed by atoms with E-state index in [0.717, 1.165) is 33.8 Å². The molecule has 2 heteroatoms. The predicted octanol–water partition coefficient (Wildman–Crippen LogP) is 15.4. The lowest BCUT2D eigenvalue weighted by atomic mass is 9.73. The molecular formula is C58H39NO.